The van der Waals surface area contributed by atoms with Crippen molar-refractivity contribution in [2.75, 3.05) is 5.32 Å². The highest BCUT2D eigenvalue weighted by atomic mass is 35.5. The van der Waals surface area contributed by atoms with E-state index in [0.717, 1.165) is 5.56 Å². The Bertz CT molecular complexity index is 859. The Morgan fingerprint density at radius 3 is 2.57 bits per heavy atom. The Kier molecular flexibility index (Phi) is 4.12. The number of H-pyrrole nitrogens is 1. The lowest BCUT2D eigenvalue weighted by Crippen LogP contribution is -2.14. The van der Waals surface area contributed by atoms with Crippen LogP contribution in [-0.4, -0.2) is 16.1 Å². The molecule has 1 aromatic heterocycles. The molecule has 0 aliphatic rings. The van der Waals surface area contributed by atoms with Gasteiger partial charge in [-0.2, -0.15) is 5.10 Å². The lowest BCUT2D eigenvalue weighted by Gasteiger charge is -2.08. The molecule has 0 saturated heterocycles. The van der Waals surface area contributed by atoms with Gasteiger partial charge in [-0.3, -0.25) is 9.89 Å². The Labute approximate surface area is 137 Å². The van der Waals surface area contributed by atoms with Crippen LogP contribution < -0.4 is 5.32 Å². The van der Waals surface area contributed by atoms with E-state index in [4.69, 9.17) is 11.6 Å². The van der Waals surface area contributed by atoms with Gasteiger partial charge < -0.3 is 5.32 Å². The number of aromatic nitrogens is 2. The van der Waals surface area contributed by atoms with Crippen LogP contribution in [0.3, 0.4) is 0 Å². The van der Waals surface area contributed by atoms with Crippen molar-refractivity contribution in [2.45, 2.75) is 6.92 Å². The molecule has 0 aliphatic heterocycles. The molecule has 0 saturated carbocycles. The first-order valence-electron chi connectivity index (χ1n) is 6.93. The fourth-order valence-corrected chi connectivity index (χ4v) is 2.35. The molecular weight excluding hydrogens is 317 g/mol. The predicted octanol–water partition coefficient (Wildman–Crippen LogP) is 4.43. The minimum Gasteiger partial charge on any atom is -0.318 e. The molecule has 3 aromatic rings. The number of hydrogen-bond donors (Lipinski definition) is 2. The van der Waals surface area contributed by atoms with Crippen molar-refractivity contribution in [3.05, 3.63) is 70.6 Å². The number of anilines is 1. The number of benzene rings is 2. The minimum atomic E-state index is -0.570. The van der Waals surface area contributed by atoms with Gasteiger partial charge in [-0.25, -0.2) is 4.39 Å². The third-order valence-corrected chi connectivity index (χ3v) is 3.67. The van der Waals surface area contributed by atoms with E-state index in [2.05, 4.69) is 15.5 Å². The predicted molar refractivity (Wildman–Crippen MR) is 88.1 cm³/mol. The summed E-state index contributed by atoms with van der Waals surface area (Å²) in [5, 5.41) is 10.4. The first-order valence-corrected chi connectivity index (χ1v) is 7.31. The number of amides is 1. The number of hydrogen-bond acceptors (Lipinski definition) is 2. The Hall–Kier alpha value is -2.66. The molecule has 4 nitrogen and oxygen atoms in total. The molecule has 0 bridgehead atoms. The summed E-state index contributed by atoms with van der Waals surface area (Å²) in [5.41, 5.74) is 2.54. The van der Waals surface area contributed by atoms with E-state index in [1.54, 1.807) is 37.3 Å². The van der Waals surface area contributed by atoms with Crippen molar-refractivity contribution in [2.24, 2.45) is 0 Å². The van der Waals surface area contributed by atoms with Gasteiger partial charge in [0.05, 0.1) is 16.9 Å². The van der Waals surface area contributed by atoms with Crippen LogP contribution in [-0.2, 0) is 0 Å². The van der Waals surface area contributed by atoms with Crippen LogP contribution in [0.15, 0.2) is 48.5 Å². The second-order valence-corrected chi connectivity index (χ2v) is 5.45. The molecule has 0 aliphatic carbocycles. The van der Waals surface area contributed by atoms with Gasteiger partial charge in [-0.1, -0.05) is 35.9 Å². The number of rotatable bonds is 3. The van der Waals surface area contributed by atoms with Crippen molar-refractivity contribution >= 4 is 23.2 Å². The lowest BCUT2D eigenvalue weighted by molar-refractivity contribution is 0.102. The molecule has 3 rings (SSSR count). The first-order chi connectivity index (χ1) is 11.1. The van der Waals surface area contributed by atoms with Gasteiger partial charge in [0.2, 0.25) is 0 Å². The van der Waals surface area contributed by atoms with Crippen LogP contribution in [0.5, 0.6) is 0 Å². The number of halogens is 2. The van der Waals surface area contributed by atoms with E-state index in [9.17, 15) is 9.18 Å². The molecule has 1 heterocycles. The molecule has 0 unspecified atom stereocenters. The molecule has 2 aromatic carbocycles. The average molecular weight is 330 g/mol. The molecule has 116 valence electrons. The van der Waals surface area contributed by atoms with Gasteiger partial charge in [0, 0.05) is 10.6 Å². The topological polar surface area (TPSA) is 57.8 Å². The third-order valence-electron chi connectivity index (χ3n) is 3.42. The summed E-state index contributed by atoms with van der Waals surface area (Å²) in [4.78, 5) is 12.3. The molecule has 0 atom stereocenters. The van der Waals surface area contributed by atoms with E-state index in [0.29, 0.717) is 22.1 Å². The zero-order valence-electron chi connectivity index (χ0n) is 12.2. The summed E-state index contributed by atoms with van der Waals surface area (Å²) in [6.07, 6.45) is 0. The third kappa shape index (κ3) is 3.10. The van der Waals surface area contributed by atoms with Crippen LogP contribution in [0.25, 0.3) is 11.3 Å². The second-order valence-electron chi connectivity index (χ2n) is 5.01. The number of nitrogens with one attached hydrogen (secondary N) is 2. The molecule has 2 N–H and O–H groups in total. The van der Waals surface area contributed by atoms with E-state index in [-0.39, 0.29) is 5.56 Å². The van der Waals surface area contributed by atoms with Crippen molar-refractivity contribution < 1.29 is 9.18 Å². The highest BCUT2D eigenvalue weighted by Gasteiger charge is 2.17. The molecule has 23 heavy (non-hydrogen) atoms. The first kappa shape index (κ1) is 15.2. The Morgan fingerprint density at radius 2 is 1.87 bits per heavy atom. The number of aromatic amines is 1. The smallest absolute Gasteiger partial charge is 0.258 e. The largest absolute Gasteiger partial charge is 0.318 e. The molecule has 0 spiro atoms. The maximum absolute atomic E-state index is 13.7. The minimum absolute atomic E-state index is 0.0184. The van der Waals surface area contributed by atoms with E-state index in [1.807, 2.05) is 0 Å². The summed E-state index contributed by atoms with van der Waals surface area (Å²) in [7, 11) is 0. The van der Waals surface area contributed by atoms with Crippen molar-refractivity contribution in [3.63, 3.8) is 0 Å². The quantitative estimate of drug-likeness (QED) is 0.746. The highest BCUT2D eigenvalue weighted by molar-refractivity contribution is 6.30. The number of carbonyl (C=O) groups excluding carboxylic acids is 1. The van der Waals surface area contributed by atoms with Gasteiger partial charge in [0.15, 0.2) is 0 Å². The van der Waals surface area contributed by atoms with Crippen LogP contribution in [0.1, 0.15) is 16.1 Å². The van der Waals surface area contributed by atoms with Gasteiger partial charge in [-0.05, 0) is 31.2 Å². The second kappa shape index (κ2) is 6.22. The van der Waals surface area contributed by atoms with Gasteiger partial charge >= 0.3 is 0 Å². The standard InChI is InChI=1S/C17H13ClFN3O/c1-10-15(20-17(23)13-4-2-3-5-14(13)19)16(22-21-10)11-6-8-12(18)9-7-11/h2-9H,1H3,(H,20,23)(H,21,22). The van der Waals surface area contributed by atoms with E-state index >= 15 is 0 Å². The van der Waals surface area contributed by atoms with Gasteiger partial charge in [0.25, 0.3) is 5.91 Å². The number of aryl methyl sites for hydroxylation is 1. The molecular formula is C17H13ClFN3O. The Balaban J connectivity index is 1.95. The van der Waals surface area contributed by atoms with E-state index < -0.39 is 11.7 Å². The molecule has 0 radical (unpaired) electrons. The molecule has 6 heteroatoms. The zero-order valence-corrected chi connectivity index (χ0v) is 13.0. The van der Waals surface area contributed by atoms with Crippen LogP contribution in [0, 0.1) is 12.7 Å². The Morgan fingerprint density at radius 1 is 1.17 bits per heavy atom. The van der Waals surface area contributed by atoms with Gasteiger partial charge in [0.1, 0.15) is 11.5 Å². The maximum Gasteiger partial charge on any atom is 0.258 e. The number of carbonyl (C=O) groups is 1. The monoisotopic (exact) mass is 329 g/mol. The summed E-state index contributed by atoms with van der Waals surface area (Å²) < 4.78 is 13.7. The van der Waals surface area contributed by atoms with Crippen molar-refractivity contribution in [3.8, 4) is 11.3 Å². The summed E-state index contributed by atoms with van der Waals surface area (Å²) in [6.45, 7) is 1.78. The zero-order chi connectivity index (χ0) is 16.4. The van der Waals surface area contributed by atoms with Crippen LogP contribution in [0.4, 0.5) is 10.1 Å². The van der Waals surface area contributed by atoms with Crippen LogP contribution >= 0.6 is 11.6 Å². The highest BCUT2D eigenvalue weighted by Crippen LogP contribution is 2.29. The fourth-order valence-electron chi connectivity index (χ4n) is 2.22. The normalized spacial score (nSPS) is 10.6. The SMILES string of the molecule is Cc1[nH]nc(-c2ccc(Cl)cc2)c1NC(=O)c1ccccc1F. The molecule has 1 amide bonds. The summed E-state index contributed by atoms with van der Waals surface area (Å²) >= 11 is 5.89. The van der Waals surface area contributed by atoms with E-state index in [1.165, 1.54) is 18.2 Å². The average Bonchev–Trinajstić information content (AvgIpc) is 2.89. The fraction of sp³-hybridized carbons (Fsp3) is 0.0588. The number of nitrogens with zero attached hydrogens (tertiary/aromatic N) is 1. The maximum atomic E-state index is 13.7. The summed E-state index contributed by atoms with van der Waals surface area (Å²) in [5.74, 6) is -1.10. The van der Waals surface area contributed by atoms with Crippen molar-refractivity contribution in [1.29, 1.82) is 0 Å². The van der Waals surface area contributed by atoms with Crippen LogP contribution in [0.2, 0.25) is 5.02 Å². The lowest BCUT2D eigenvalue weighted by atomic mass is 10.1. The van der Waals surface area contributed by atoms with Crippen molar-refractivity contribution in [1.82, 2.24) is 10.2 Å². The van der Waals surface area contributed by atoms with Gasteiger partial charge in [-0.15, -0.1) is 0 Å². The summed E-state index contributed by atoms with van der Waals surface area (Å²) in [6, 6.07) is 12.9. The molecule has 0 fully saturated rings.